The van der Waals surface area contributed by atoms with Crippen LogP contribution in [-0.2, 0) is 4.79 Å². The van der Waals surface area contributed by atoms with Gasteiger partial charge >= 0.3 is 0 Å². The highest BCUT2D eigenvalue weighted by Crippen LogP contribution is 2.27. The lowest BCUT2D eigenvalue weighted by Crippen LogP contribution is -2.24. The number of rotatable bonds is 3. The highest BCUT2D eigenvalue weighted by atomic mass is 16.3. The first kappa shape index (κ1) is 13.1. The fourth-order valence-electron chi connectivity index (χ4n) is 2.81. The molecule has 0 saturated carbocycles. The number of H-pyrrole nitrogens is 1. The van der Waals surface area contributed by atoms with Gasteiger partial charge in [-0.25, -0.2) is 0 Å². The van der Waals surface area contributed by atoms with Gasteiger partial charge < -0.3 is 15.1 Å². The van der Waals surface area contributed by atoms with Crippen molar-refractivity contribution in [2.45, 2.75) is 6.42 Å². The number of furan rings is 1. The van der Waals surface area contributed by atoms with E-state index < -0.39 is 0 Å². The summed E-state index contributed by atoms with van der Waals surface area (Å²) in [6.45, 7) is 1.63. The molecule has 1 atom stereocenters. The molecule has 22 heavy (non-hydrogen) atoms. The number of carbonyl (C=O) groups excluding carboxylic acids is 1. The van der Waals surface area contributed by atoms with Gasteiger partial charge in [-0.05, 0) is 37.2 Å². The molecule has 0 bridgehead atoms. The number of carbonyl (C=O) groups is 1. The fraction of sp³-hybridized carbons (Fsp3) is 0.250. The van der Waals surface area contributed by atoms with Gasteiger partial charge in [-0.2, -0.15) is 5.10 Å². The maximum absolute atomic E-state index is 12.2. The number of aromatic nitrogens is 2. The molecule has 0 spiro atoms. The van der Waals surface area contributed by atoms with Gasteiger partial charge in [0.1, 0.15) is 5.76 Å². The van der Waals surface area contributed by atoms with Gasteiger partial charge in [0.25, 0.3) is 0 Å². The van der Waals surface area contributed by atoms with Crippen LogP contribution >= 0.6 is 0 Å². The number of aromatic amines is 1. The van der Waals surface area contributed by atoms with Gasteiger partial charge in [-0.15, -0.1) is 0 Å². The molecule has 4 rings (SSSR count). The molecular weight excluding hydrogens is 280 g/mol. The van der Waals surface area contributed by atoms with Crippen molar-refractivity contribution in [1.29, 1.82) is 0 Å². The lowest BCUT2D eigenvalue weighted by Gasteiger charge is -2.07. The van der Waals surface area contributed by atoms with Crippen LogP contribution in [0.5, 0.6) is 0 Å². The Kier molecular flexibility index (Phi) is 3.16. The second-order valence-electron chi connectivity index (χ2n) is 5.49. The zero-order valence-electron chi connectivity index (χ0n) is 11.9. The minimum absolute atomic E-state index is 0.0218. The van der Waals surface area contributed by atoms with Crippen molar-refractivity contribution in [3.8, 4) is 11.3 Å². The van der Waals surface area contributed by atoms with Crippen molar-refractivity contribution < 1.29 is 9.21 Å². The topological polar surface area (TPSA) is 83.0 Å². The van der Waals surface area contributed by atoms with Gasteiger partial charge in [-0.3, -0.25) is 9.89 Å². The molecule has 1 aromatic carbocycles. The molecule has 2 aromatic heterocycles. The van der Waals surface area contributed by atoms with E-state index in [1.807, 2.05) is 30.3 Å². The SMILES string of the molecule is O=C(Nc1n[nH]c2cc(-c3ccco3)ccc12)C1CCNC1. The predicted molar refractivity (Wildman–Crippen MR) is 83.4 cm³/mol. The second-order valence-corrected chi connectivity index (χ2v) is 5.49. The maximum Gasteiger partial charge on any atom is 0.230 e. The molecule has 6 heteroatoms. The number of anilines is 1. The summed E-state index contributed by atoms with van der Waals surface area (Å²) in [5.74, 6) is 1.43. The summed E-state index contributed by atoms with van der Waals surface area (Å²) in [4.78, 5) is 12.2. The van der Waals surface area contributed by atoms with Crippen LogP contribution in [0.3, 0.4) is 0 Å². The Morgan fingerprint density at radius 3 is 3.09 bits per heavy atom. The van der Waals surface area contributed by atoms with Crippen LogP contribution in [0.1, 0.15) is 6.42 Å². The third-order valence-electron chi connectivity index (χ3n) is 4.04. The summed E-state index contributed by atoms with van der Waals surface area (Å²) in [7, 11) is 0. The van der Waals surface area contributed by atoms with E-state index in [0.717, 1.165) is 41.7 Å². The van der Waals surface area contributed by atoms with Gasteiger partial charge in [0, 0.05) is 17.5 Å². The lowest BCUT2D eigenvalue weighted by molar-refractivity contribution is -0.119. The minimum atomic E-state index is 0.0218. The van der Waals surface area contributed by atoms with Gasteiger partial charge in [-0.1, -0.05) is 6.07 Å². The average Bonchev–Trinajstić information content (AvgIpc) is 3.29. The third kappa shape index (κ3) is 2.27. The highest BCUT2D eigenvalue weighted by molar-refractivity contribution is 6.01. The molecule has 1 unspecified atom stereocenters. The number of benzene rings is 1. The van der Waals surface area contributed by atoms with Gasteiger partial charge in [0.15, 0.2) is 5.82 Å². The molecule has 1 fully saturated rings. The third-order valence-corrected chi connectivity index (χ3v) is 4.04. The number of fused-ring (bicyclic) bond motifs is 1. The Bertz CT molecular complexity index is 801. The maximum atomic E-state index is 12.2. The molecule has 1 aliphatic rings. The number of nitrogens with one attached hydrogen (secondary N) is 3. The Labute approximate surface area is 126 Å². The molecular formula is C16H16N4O2. The number of hydrogen-bond donors (Lipinski definition) is 3. The Morgan fingerprint density at radius 2 is 2.32 bits per heavy atom. The Balaban J connectivity index is 1.61. The monoisotopic (exact) mass is 296 g/mol. The van der Waals surface area contributed by atoms with E-state index in [9.17, 15) is 4.79 Å². The van der Waals surface area contributed by atoms with Crippen molar-refractivity contribution >= 4 is 22.6 Å². The van der Waals surface area contributed by atoms with E-state index in [4.69, 9.17) is 4.42 Å². The first-order valence-electron chi connectivity index (χ1n) is 7.35. The van der Waals surface area contributed by atoms with E-state index in [-0.39, 0.29) is 11.8 Å². The normalized spacial score (nSPS) is 17.9. The standard InChI is InChI=1S/C16H16N4O2/c21-16(11-5-6-17-9-11)18-15-12-4-3-10(8-13(12)19-20-15)14-2-1-7-22-14/h1-4,7-8,11,17H,5-6,9H2,(H2,18,19,20,21). The van der Waals surface area contributed by atoms with Crippen molar-refractivity contribution in [2.75, 3.05) is 18.4 Å². The molecule has 112 valence electrons. The van der Waals surface area contributed by atoms with Crippen molar-refractivity contribution in [2.24, 2.45) is 5.92 Å². The van der Waals surface area contributed by atoms with Crippen LogP contribution < -0.4 is 10.6 Å². The average molecular weight is 296 g/mol. The summed E-state index contributed by atoms with van der Waals surface area (Å²) >= 11 is 0. The summed E-state index contributed by atoms with van der Waals surface area (Å²) in [6.07, 6.45) is 2.52. The molecule has 3 aromatic rings. The van der Waals surface area contributed by atoms with Crippen LogP contribution in [0.2, 0.25) is 0 Å². The molecule has 6 nitrogen and oxygen atoms in total. The molecule has 0 radical (unpaired) electrons. The smallest absolute Gasteiger partial charge is 0.230 e. The number of amides is 1. The number of hydrogen-bond acceptors (Lipinski definition) is 4. The van der Waals surface area contributed by atoms with Crippen LogP contribution in [-0.4, -0.2) is 29.2 Å². The molecule has 0 aliphatic carbocycles. The summed E-state index contributed by atoms with van der Waals surface area (Å²) < 4.78 is 5.40. The molecule has 3 heterocycles. The molecule has 1 aliphatic heterocycles. The van der Waals surface area contributed by atoms with Crippen molar-refractivity contribution in [1.82, 2.24) is 15.5 Å². The van der Waals surface area contributed by atoms with Gasteiger partial charge in [0.2, 0.25) is 5.91 Å². The summed E-state index contributed by atoms with van der Waals surface area (Å²) in [5, 5.41) is 14.2. The van der Waals surface area contributed by atoms with E-state index in [1.165, 1.54) is 0 Å². The second kappa shape index (κ2) is 5.31. The van der Waals surface area contributed by atoms with E-state index in [2.05, 4.69) is 20.8 Å². The van der Waals surface area contributed by atoms with E-state index >= 15 is 0 Å². The highest BCUT2D eigenvalue weighted by Gasteiger charge is 2.23. The minimum Gasteiger partial charge on any atom is -0.464 e. The summed E-state index contributed by atoms with van der Waals surface area (Å²) in [5.41, 5.74) is 1.84. The molecule has 1 saturated heterocycles. The molecule has 3 N–H and O–H groups in total. The van der Waals surface area contributed by atoms with E-state index in [1.54, 1.807) is 6.26 Å². The van der Waals surface area contributed by atoms with Gasteiger partial charge in [0.05, 0.1) is 17.7 Å². The first-order chi connectivity index (χ1) is 10.8. The van der Waals surface area contributed by atoms with Crippen molar-refractivity contribution in [3.63, 3.8) is 0 Å². The first-order valence-corrected chi connectivity index (χ1v) is 7.35. The van der Waals surface area contributed by atoms with Crippen LogP contribution in [0.4, 0.5) is 5.82 Å². The lowest BCUT2D eigenvalue weighted by atomic mass is 10.1. The van der Waals surface area contributed by atoms with Crippen molar-refractivity contribution in [3.05, 3.63) is 36.6 Å². The van der Waals surface area contributed by atoms with Crippen LogP contribution in [0.15, 0.2) is 41.0 Å². The summed E-state index contributed by atoms with van der Waals surface area (Å²) in [6, 6.07) is 9.64. The zero-order chi connectivity index (χ0) is 14.9. The van der Waals surface area contributed by atoms with E-state index in [0.29, 0.717) is 5.82 Å². The predicted octanol–water partition coefficient (Wildman–Crippen LogP) is 2.37. The Morgan fingerprint density at radius 1 is 1.36 bits per heavy atom. The quantitative estimate of drug-likeness (QED) is 0.693. The Hall–Kier alpha value is -2.60. The van der Waals surface area contributed by atoms with Crippen LogP contribution in [0.25, 0.3) is 22.2 Å². The number of nitrogens with zero attached hydrogens (tertiary/aromatic N) is 1. The molecule has 1 amide bonds. The van der Waals surface area contributed by atoms with Crippen LogP contribution in [0, 0.1) is 5.92 Å². The zero-order valence-corrected chi connectivity index (χ0v) is 11.9. The largest absolute Gasteiger partial charge is 0.464 e. The fourth-order valence-corrected chi connectivity index (χ4v) is 2.81.